The van der Waals surface area contributed by atoms with Crippen LogP contribution in [-0.4, -0.2) is 36.7 Å². The summed E-state index contributed by atoms with van der Waals surface area (Å²) in [6.45, 7) is 8.88. The van der Waals surface area contributed by atoms with E-state index in [-0.39, 0.29) is 12.1 Å². The van der Waals surface area contributed by atoms with Crippen LogP contribution in [0.5, 0.6) is 0 Å². The number of nitrogens with zero attached hydrogens (tertiary/aromatic N) is 1. The molecule has 24 heavy (non-hydrogen) atoms. The van der Waals surface area contributed by atoms with Crippen LogP contribution in [0, 0.1) is 0 Å². The van der Waals surface area contributed by atoms with E-state index < -0.39 is 5.60 Å². The molecule has 1 aliphatic heterocycles. The molecule has 132 valence electrons. The molecule has 1 aromatic rings. The number of amides is 1. The van der Waals surface area contributed by atoms with Gasteiger partial charge in [-0.25, -0.2) is 4.79 Å². The van der Waals surface area contributed by atoms with Crippen molar-refractivity contribution in [2.45, 2.75) is 45.8 Å². The second-order valence-electron chi connectivity index (χ2n) is 7.25. The maximum absolute atomic E-state index is 12.1. The third-order valence-electron chi connectivity index (χ3n) is 4.04. The van der Waals surface area contributed by atoms with Gasteiger partial charge in [-0.2, -0.15) is 0 Å². The summed E-state index contributed by atoms with van der Waals surface area (Å²) in [5, 5.41) is 3.22. The van der Waals surface area contributed by atoms with Crippen LogP contribution in [0.1, 0.15) is 51.3 Å². The molecule has 0 saturated carbocycles. The number of hydrogen-bond donors (Lipinski definition) is 2. The van der Waals surface area contributed by atoms with Crippen molar-refractivity contribution in [3.63, 3.8) is 0 Å². The summed E-state index contributed by atoms with van der Waals surface area (Å²) in [7, 11) is 1.91. The van der Waals surface area contributed by atoms with Crippen LogP contribution >= 0.6 is 0 Å². The fourth-order valence-electron chi connectivity index (χ4n) is 2.79. The Morgan fingerprint density at radius 1 is 1.38 bits per heavy atom. The monoisotopic (exact) mass is 331 g/mol. The number of carbonyl (C=O) groups is 1. The highest BCUT2D eigenvalue weighted by molar-refractivity contribution is 5.74. The minimum absolute atomic E-state index is 0.00973. The second kappa shape index (κ2) is 7.26. The van der Waals surface area contributed by atoms with E-state index in [1.807, 2.05) is 34.7 Å². The van der Waals surface area contributed by atoms with E-state index in [1.165, 1.54) is 11.1 Å². The first kappa shape index (κ1) is 18.3. The Morgan fingerprint density at radius 2 is 2.08 bits per heavy atom. The number of carbonyl (C=O) groups excluding carboxylic acids is 1. The number of anilines is 1. The molecule has 0 bridgehead atoms. The Bertz CT molecular complexity index is 630. The Hall–Kier alpha value is -2.01. The van der Waals surface area contributed by atoms with Gasteiger partial charge in [0.05, 0.1) is 0 Å². The predicted molar refractivity (Wildman–Crippen MR) is 99.0 cm³/mol. The standard InChI is InChI=1S/C19H29N3O2/c1-13(20)16-7-6-15(12-17(16)21-5)14-8-10-22(11-9-14)18(23)24-19(2,3)4/h6-8,12-13,21H,9-11,20H2,1-5H3. The molecule has 5 heteroatoms. The van der Waals surface area contributed by atoms with Gasteiger partial charge in [0.2, 0.25) is 0 Å². The lowest BCUT2D eigenvalue weighted by Crippen LogP contribution is -2.39. The minimum Gasteiger partial charge on any atom is -0.444 e. The Kier molecular flexibility index (Phi) is 5.54. The van der Waals surface area contributed by atoms with Crippen molar-refractivity contribution in [1.29, 1.82) is 0 Å². The number of nitrogens with two attached hydrogens (primary N) is 1. The molecular weight excluding hydrogens is 302 g/mol. The Morgan fingerprint density at radius 3 is 2.58 bits per heavy atom. The van der Waals surface area contributed by atoms with E-state index in [2.05, 4.69) is 29.6 Å². The second-order valence-corrected chi connectivity index (χ2v) is 7.25. The molecule has 0 spiro atoms. The third kappa shape index (κ3) is 4.51. The van der Waals surface area contributed by atoms with Gasteiger partial charge in [0.15, 0.2) is 0 Å². The zero-order valence-corrected chi connectivity index (χ0v) is 15.3. The van der Waals surface area contributed by atoms with Gasteiger partial charge in [-0.15, -0.1) is 0 Å². The largest absolute Gasteiger partial charge is 0.444 e. The molecule has 0 aliphatic carbocycles. The van der Waals surface area contributed by atoms with Crippen LogP contribution in [0.2, 0.25) is 0 Å². The van der Waals surface area contributed by atoms with E-state index in [4.69, 9.17) is 10.5 Å². The molecule has 1 atom stereocenters. The lowest BCUT2D eigenvalue weighted by atomic mass is 9.96. The van der Waals surface area contributed by atoms with Crippen molar-refractivity contribution < 1.29 is 9.53 Å². The number of benzene rings is 1. The summed E-state index contributed by atoms with van der Waals surface area (Å²) in [6, 6.07) is 6.30. The summed E-state index contributed by atoms with van der Waals surface area (Å²) in [6.07, 6.45) is 2.68. The first-order valence-electron chi connectivity index (χ1n) is 8.46. The van der Waals surface area contributed by atoms with Crippen LogP contribution in [0.3, 0.4) is 0 Å². The molecule has 0 saturated heterocycles. The maximum atomic E-state index is 12.1. The summed E-state index contributed by atoms with van der Waals surface area (Å²) in [4.78, 5) is 13.9. The summed E-state index contributed by atoms with van der Waals surface area (Å²) >= 11 is 0. The lowest BCUT2D eigenvalue weighted by molar-refractivity contribution is 0.0270. The number of nitrogens with one attached hydrogen (secondary N) is 1. The van der Waals surface area contributed by atoms with E-state index >= 15 is 0 Å². The summed E-state index contributed by atoms with van der Waals surface area (Å²) < 4.78 is 5.43. The van der Waals surface area contributed by atoms with Crippen molar-refractivity contribution in [2.24, 2.45) is 5.73 Å². The van der Waals surface area contributed by atoms with Gasteiger partial charge in [0.25, 0.3) is 0 Å². The average Bonchev–Trinajstić information content (AvgIpc) is 2.52. The van der Waals surface area contributed by atoms with E-state index in [9.17, 15) is 4.79 Å². The lowest BCUT2D eigenvalue weighted by Gasteiger charge is -2.29. The zero-order chi connectivity index (χ0) is 17.9. The van der Waals surface area contributed by atoms with Crippen molar-refractivity contribution in [1.82, 2.24) is 4.90 Å². The minimum atomic E-state index is -0.461. The van der Waals surface area contributed by atoms with Crippen molar-refractivity contribution in [3.05, 3.63) is 35.4 Å². The molecule has 1 aliphatic rings. The predicted octanol–water partition coefficient (Wildman–Crippen LogP) is 3.77. The Balaban J connectivity index is 2.11. The maximum Gasteiger partial charge on any atom is 0.410 e. The highest BCUT2D eigenvalue weighted by Crippen LogP contribution is 2.29. The topological polar surface area (TPSA) is 67.6 Å². The van der Waals surface area contributed by atoms with Crippen LogP contribution in [0.15, 0.2) is 24.3 Å². The molecule has 1 aromatic carbocycles. The molecule has 1 unspecified atom stereocenters. The van der Waals surface area contributed by atoms with E-state index in [1.54, 1.807) is 4.90 Å². The van der Waals surface area contributed by atoms with Gasteiger partial charge in [-0.3, -0.25) is 0 Å². The van der Waals surface area contributed by atoms with Gasteiger partial charge in [-0.1, -0.05) is 18.2 Å². The van der Waals surface area contributed by atoms with Crippen LogP contribution in [0.4, 0.5) is 10.5 Å². The molecule has 0 aromatic heterocycles. The summed E-state index contributed by atoms with van der Waals surface area (Å²) in [5.74, 6) is 0. The molecule has 5 nitrogen and oxygen atoms in total. The van der Waals surface area contributed by atoms with Gasteiger partial charge in [0, 0.05) is 31.9 Å². The Labute approximate surface area is 144 Å². The number of hydrogen-bond acceptors (Lipinski definition) is 4. The molecule has 2 rings (SSSR count). The van der Waals surface area contributed by atoms with Crippen LogP contribution < -0.4 is 11.1 Å². The van der Waals surface area contributed by atoms with Crippen molar-refractivity contribution in [2.75, 3.05) is 25.5 Å². The fourth-order valence-corrected chi connectivity index (χ4v) is 2.79. The van der Waals surface area contributed by atoms with Crippen molar-refractivity contribution in [3.8, 4) is 0 Å². The quantitative estimate of drug-likeness (QED) is 0.884. The van der Waals surface area contributed by atoms with Gasteiger partial charge in [-0.05, 0) is 56.9 Å². The number of ether oxygens (including phenoxy) is 1. The zero-order valence-electron chi connectivity index (χ0n) is 15.3. The van der Waals surface area contributed by atoms with E-state index in [0.717, 1.165) is 17.7 Å². The molecule has 0 fully saturated rings. The normalized spacial score (nSPS) is 16.4. The molecule has 1 heterocycles. The number of rotatable bonds is 3. The highest BCUT2D eigenvalue weighted by Gasteiger charge is 2.24. The highest BCUT2D eigenvalue weighted by atomic mass is 16.6. The van der Waals surface area contributed by atoms with Crippen molar-refractivity contribution >= 4 is 17.4 Å². The molecular formula is C19H29N3O2. The smallest absolute Gasteiger partial charge is 0.410 e. The van der Waals surface area contributed by atoms with Crippen LogP contribution in [-0.2, 0) is 4.74 Å². The molecule has 1 amide bonds. The first-order chi connectivity index (χ1) is 11.2. The molecule has 3 N–H and O–H groups in total. The van der Waals surface area contributed by atoms with E-state index in [0.29, 0.717) is 13.1 Å². The third-order valence-corrected chi connectivity index (χ3v) is 4.04. The average molecular weight is 331 g/mol. The van der Waals surface area contributed by atoms with Crippen LogP contribution in [0.25, 0.3) is 5.57 Å². The molecule has 0 radical (unpaired) electrons. The SMILES string of the molecule is CNc1cc(C2=CCN(C(=O)OC(C)(C)C)CC2)ccc1C(C)N. The van der Waals surface area contributed by atoms with Gasteiger partial charge in [0.1, 0.15) is 5.60 Å². The first-order valence-corrected chi connectivity index (χ1v) is 8.46. The fraction of sp³-hybridized carbons (Fsp3) is 0.526. The summed E-state index contributed by atoms with van der Waals surface area (Å²) in [5.41, 5.74) is 10.1. The van der Waals surface area contributed by atoms with Gasteiger partial charge < -0.3 is 20.7 Å². The van der Waals surface area contributed by atoms with Gasteiger partial charge >= 0.3 is 6.09 Å².